The van der Waals surface area contributed by atoms with Crippen LogP contribution < -0.4 is 27.4 Å². The van der Waals surface area contributed by atoms with Gasteiger partial charge in [0.1, 0.15) is 18.1 Å². The summed E-state index contributed by atoms with van der Waals surface area (Å²) < 4.78 is 0. The van der Waals surface area contributed by atoms with E-state index in [1.165, 1.54) is 12.5 Å². The molecule has 0 saturated carbocycles. The second-order valence-corrected chi connectivity index (χ2v) is 7.61. The van der Waals surface area contributed by atoms with Crippen LogP contribution in [0.3, 0.4) is 0 Å². The number of primary amides is 1. The Morgan fingerprint density at radius 2 is 1.44 bits per heavy atom. The molecule has 198 valence electrons. The van der Waals surface area contributed by atoms with Crippen LogP contribution in [0.2, 0.25) is 0 Å². The number of rotatable bonds is 16. The Morgan fingerprint density at radius 3 is 1.94 bits per heavy atom. The van der Waals surface area contributed by atoms with Gasteiger partial charge in [-0.25, -0.2) is 9.78 Å². The van der Waals surface area contributed by atoms with Crippen molar-refractivity contribution in [2.24, 2.45) is 11.5 Å². The molecule has 0 spiro atoms. The van der Waals surface area contributed by atoms with Crippen LogP contribution in [-0.4, -0.2) is 91.0 Å². The average Bonchev–Trinajstić information content (AvgIpc) is 3.28. The minimum Gasteiger partial charge on any atom is -0.481 e. The molecular weight excluding hydrogens is 486 g/mol. The number of aliphatic carboxylic acids is 3. The van der Waals surface area contributed by atoms with Crippen LogP contribution in [0.15, 0.2) is 12.5 Å². The predicted octanol–water partition coefficient (Wildman–Crippen LogP) is -3.97. The molecule has 11 N–H and O–H groups in total. The fourth-order valence-electron chi connectivity index (χ4n) is 2.84. The van der Waals surface area contributed by atoms with Crippen molar-refractivity contribution in [3.05, 3.63) is 18.2 Å². The normalized spacial score (nSPS) is 13.9. The van der Waals surface area contributed by atoms with Crippen LogP contribution in [0.1, 0.15) is 31.4 Å². The Kier molecular flexibility index (Phi) is 11.5. The maximum absolute atomic E-state index is 12.9. The third-order valence-electron chi connectivity index (χ3n) is 4.65. The molecule has 0 bridgehead atoms. The van der Waals surface area contributed by atoms with Crippen LogP contribution in [0.25, 0.3) is 0 Å². The molecule has 4 atom stereocenters. The Morgan fingerprint density at radius 1 is 0.861 bits per heavy atom. The van der Waals surface area contributed by atoms with Gasteiger partial charge in [-0.05, 0) is 6.42 Å². The van der Waals surface area contributed by atoms with Gasteiger partial charge in [-0.1, -0.05) is 0 Å². The molecule has 4 amide bonds. The van der Waals surface area contributed by atoms with Crippen molar-refractivity contribution >= 4 is 41.5 Å². The molecule has 1 heterocycles. The minimum atomic E-state index is -1.87. The molecule has 17 nitrogen and oxygen atoms in total. The number of carbonyl (C=O) groups is 7. The molecule has 0 saturated heterocycles. The lowest BCUT2D eigenvalue weighted by molar-refractivity contribution is -0.147. The Labute approximate surface area is 203 Å². The van der Waals surface area contributed by atoms with E-state index in [1.54, 1.807) is 0 Å². The molecule has 1 rings (SSSR count). The third kappa shape index (κ3) is 10.6. The molecule has 1 aromatic heterocycles. The van der Waals surface area contributed by atoms with Crippen LogP contribution in [0.4, 0.5) is 0 Å². The lowest BCUT2D eigenvalue weighted by Gasteiger charge is -2.24. The van der Waals surface area contributed by atoms with Gasteiger partial charge in [0.05, 0.1) is 25.2 Å². The first-order valence-electron chi connectivity index (χ1n) is 10.4. The Balaban J connectivity index is 3.06. The van der Waals surface area contributed by atoms with E-state index in [-0.39, 0.29) is 12.8 Å². The highest BCUT2D eigenvalue weighted by molar-refractivity contribution is 5.96. The maximum atomic E-state index is 12.9. The van der Waals surface area contributed by atoms with E-state index in [9.17, 15) is 33.6 Å². The van der Waals surface area contributed by atoms with E-state index in [0.29, 0.717) is 5.69 Å². The first-order valence-corrected chi connectivity index (χ1v) is 10.4. The molecule has 0 aliphatic rings. The number of hydrogen-bond donors (Lipinski definition) is 9. The Bertz CT molecular complexity index is 981. The Hall–Kier alpha value is -4.54. The number of imidazole rings is 1. The van der Waals surface area contributed by atoms with Crippen LogP contribution in [-0.2, 0) is 40.0 Å². The monoisotopic (exact) mass is 513 g/mol. The summed E-state index contributed by atoms with van der Waals surface area (Å²) in [6.45, 7) is 0. The number of carboxylic acid groups (broad SMARTS) is 3. The van der Waals surface area contributed by atoms with Gasteiger partial charge in [0, 0.05) is 24.7 Å². The summed E-state index contributed by atoms with van der Waals surface area (Å²) in [5.41, 5.74) is 11.2. The van der Waals surface area contributed by atoms with Gasteiger partial charge in [0.2, 0.25) is 23.6 Å². The number of aromatic nitrogens is 2. The quantitative estimate of drug-likeness (QED) is 0.102. The number of nitrogens with two attached hydrogens (primary N) is 2. The number of H-pyrrole nitrogens is 1. The molecule has 17 heteroatoms. The summed E-state index contributed by atoms with van der Waals surface area (Å²) in [6, 6.07) is -6.26. The molecule has 0 radical (unpaired) electrons. The molecule has 0 aliphatic carbocycles. The number of amides is 4. The summed E-state index contributed by atoms with van der Waals surface area (Å²) in [5.74, 6) is -8.53. The third-order valence-corrected chi connectivity index (χ3v) is 4.65. The van der Waals surface area contributed by atoms with E-state index in [4.69, 9.17) is 26.8 Å². The van der Waals surface area contributed by atoms with E-state index >= 15 is 0 Å². The molecule has 36 heavy (non-hydrogen) atoms. The van der Waals surface area contributed by atoms with E-state index in [2.05, 4.69) is 20.6 Å². The second kappa shape index (κ2) is 14.0. The smallest absolute Gasteiger partial charge is 0.326 e. The summed E-state index contributed by atoms with van der Waals surface area (Å²) >= 11 is 0. The van der Waals surface area contributed by atoms with Crippen molar-refractivity contribution in [3.63, 3.8) is 0 Å². The van der Waals surface area contributed by atoms with Gasteiger partial charge in [0.25, 0.3) is 0 Å². The molecule has 0 aliphatic heterocycles. The van der Waals surface area contributed by atoms with Crippen molar-refractivity contribution in [2.45, 2.75) is 56.3 Å². The van der Waals surface area contributed by atoms with Crippen molar-refractivity contribution in [2.75, 3.05) is 0 Å². The van der Waals surface area contributed by atoms with Crippen molar-refractivity contribution in [1.29, 1.82) is 0 Å². The zero-order chi connectivity index (χ0) is 27.4. The standard InChI is InChI=1S/C19H27N7O10/c20-9(1-2-14(28)29)16(32)24-10(3-8-6-22-7-23-8)17(33)25-11(4-13(21)27)18(34)26-12(19(35)36)5-15(30)31/h6-7,9-12H,1-5,20H2,(H2,21,27)(H,22,23)(H,24,32)(H,25,33)(H,26,34)(H,28,29)(H,30,31)(H,35,36). The van der Waals surface area contributed by atoms with Crippen LogP contribution >= 0.6 is 0 Å². The SMILES string of the molecule is NC(=O)CC(NC(=O)C(Cc1cnc[nH]1)NC(=O)C(N)CCC(=O)O)C(=O)NC(CC(=O)O)C(=O)O. The summed E-state index contributed by atoms with van der Waals surface area (Å²) in [4.78, 5) is 88.7. The maximum Gasteiger partial charge on any atom is 0.326 e. The fraction of sp³-hybridized carbons (Fsp3) is 0.474. The lowest BCUT2D eigenvalue weighted by Crippen LogP contribution is -2.58. The van der Waals surface area contributed by atoms with Crippen molar-refractivity contribution in [1.82, 2.24) is 25.9 Å². The highest BCUT2D eigenvalue weighted by Gasteiger charge is 2.32. The first kappa shape index (κ1) is 29.5. The van der Waals surface area contributed by atoms with E-state index in [1.807, 2.05) is 5.32 Å². The average molecular weight is 513 g/mol. The zero-order valence-electron chi connectivity index (χ0n) is 18.8. The van der Waals surface area contributed by atoms with E-state index < -0.39 is 85.0 Å². The van der Waals surface area contributed by atoms with Gasteiger partial charge in [-0.2, -0.15) is 0 Å². The van der Waals surface area contributed by atoms with Gasteiger partial charge in [-0.15, -0.1) is 0 Å². The van der Waals surface area contributed by atoms with Crippen LogP contribution in [0, 0.1) is 0 Å². The topological polar surface area (TPSA) is 297 Å². The van der Waals surface area contributed by atoms with Crippen molar-refractivity contribution in [3.8, 4) is 0 Å². The number of nitrogens with zero attached hydrogens (tertiary/aromatic N) is 1. The number of nitrogens with one attached hydrogen (secondary N) is 4. The minimum absolute atomic E-state index is 0.190. The molecular formula is C19H27N7O10. The summed E-state index contributed by atoms with van der Waals surface area (Å²) in [5, 5.41) is 33.1. The number of hydrogen-bond acceptors (Lipinski definition) is 9. The summed E-state index contributed by atoms with van der Waals surface area (Å²) in [6.07, 6.45) is 0.0481. The second-order valence-electron chi connectivity index (χ2n) is 7.61. The zero-order valence-corrected chi connectivity index (χ0v) is 18.8. The lowest BCUT2D eigenvalue weighted by atomic mass is 10.1. The van der Waals surface area contributed by atoms with Crippen LogP contribution in [0.5, 0.6) is 0 Å². The number of carboxylic acids is 3. The number of aromatic amines is 1. The van der Waals surface area contributed by atoms with E-state index in [0.717, 1.165) is 0 Å². The molecule has 1 aromatic rings. The van der Waals surface area contributed by atoms with Gasteiger partial charge in [-0.3, -0.25) is 28.8 Å². The van der Waals surface area contributed by atoms with Gasteiger partial charge < -0.3 is 47.7 Å². The number of carbonyl (C=O) groups excluding carboxylic acids is 4. The van der Waals surface area contributed by atoms with Gasteiger partial charge in [0.15, 0.2) is 0 Å². The largest absolute Gasteiger partial charge is 0.481 e. The molecule has 0 aromatic carbocycles. The highest BCUT2D eigenvalue weighted by Crippen LogP contribution is 2.04. The van der Waals surface area contributed by atoms with Gasteiger partial charge >= 0.3 is 17.9 Å². The summed E-state index contributed by atoms with van der Waals surface area (Å²) in [7, 11) is 0. The molecule has 4 unspecified atom stereocenters. The highest BCUT2D eigenvalue weighted by atomic mass is 16.4. The fourth-order valence-corrected chi connectivity index (χ4v) is 2.84. The van der Waals surface area contributed by atoms with Crippen molar-refractivity contribution < 1.29 is 48.9 Å². The predicted molar refractivity (Wildman–Crippen MR) is 117 cm³/mol. The first-order chi connectivity index (χ1) is 16.8. The molecule has 0 fully saturated rings.